The monoisotopic (exact) mass is 169 g/mol. The molecule has 1 rings (SSSR count). The predicted octanol–water partition coefficient (Wildman–Crippen LogP) is 1.91. The Hall–Kier alpha value is -0.700. The fourth-order valence-electron chi connectivity index (χ4n) is 0.759. The summed E-state index contributed by atoms with van der Waals surface area (Å²) >= 11 is 1.61. The van der Waals surface area contributed by atoms with Gasteiger partial charge in [-0.2, -0.15) is 0 Å². The average molecular weight is 169 g/mol. The van der Waals surface area contributed by atoms with Crippen LogP contribution in [0.5, 0.6) is 0 Å². The van der Waals surface area contributed by atoms with Gasteiger partial charge in [0, 0.05) is 23.9 Å². The second-order valence-corrected chi connectivity index (χ2v) is 3.62. The van der Waals surface area contributed by atoms with Crippen LogP contribution in [-0.4, -0.2) is 10.8 Å². The molecule has 0 fully saturated rings. The van der Waals surface area contributed by atoms with Crippen LogP contribution in [0.25, 0.3) is 0 Å². The fourth-order valence-corrected chi connectivity index (χ4v) is 1.51. The van der Waals surface area contributed by atoms with E-state index in [1.807, 2.05) is 12.3 Å². The fraction of sp³-hybridized carbons (Fsp3) is 0.500. The highest BCUT2D eigenvalue weighted by Gasteiger charge is 2.09. The molecule has 3 heteroatoms. The molecule has 11 heavy (non-hydrogen) atoms. The first-order valence-corrected chi connectivity index (χ1v) is 4.47. The summed E-state index contributed by atoms with van der Waals surface area (Å²) in [6, 6.07) is 0. The molecule has 0 aliphatic rings. The van der Waals surface area contributed by atoms with E-state index in [0.29, 0.717) is 0 Å². The molecule has 0 aromatic carbocycles. The van der Waals surface area contributed by atoms with E-state index in [4.69, 9.17) is 0 Å². The van der Waals surface area contributed by atoms with E-state index in [1.54, 1.807) is 24.5 Å². The SMILES string of the molecule is CC(=O)C(C)Cc1nccs1. The minimum Gasteiger partial charge on any atom is -0.300 e. The Bertz CT molecular complexity index is 230. The van der Waals surface area contributed by atoms with E-state index in [9.17, 15) is 4.79 Å². The van der Waals surface area contributed by atoms with Crippen molar-refractivity contribution >= 4 is 17.1 Å². The zero-order valence-corrected chi connectivity index (χ0v) is 7.52. The van der Waals surface area contributed by atoms with Crippen molar-refractivity contribution in [3.63, 3.8) is 0 Å². The Morgan fingerprint density at radius 3 is 3.00 bits per heavy atom. The number of Topliss-reactive ketones (excluding diaryl/α,β-unsaturated/α-hetero) is 1. The van der Waals surface area contributed by atoms with Gasteiger partial charge in [0.2, 0.25) is 0 Å². The topological polar surface area (TPSA) is 30.0 Å². The Kier molecular flexibility index (Phi) is 2.76. The maximum Gasteiger partial charge on any atom is 0.133 e. The number of hydrogen-bond donors (Lipinski definition) is 0. The first kappa shape index (κ1) is 8.40. The summed E-state index contributed by atoms with van der Waals surface area (Å²) in [4.78, 5) is 15.0. The molecule has 1 atom stereocenters. The Labute approximate surface area is 70.3 Å². The molecule has 1 heterocycles. The molecule has 0 aliphatic heterocycles. The lowest BCUT2D eigenvalue weighted by molar-refractivity contribution is -0.120. The van der Waals surface area contributed by atoms with Crippen molar-refractivity contribution in [3.8, 4) is 0 Å². The Morgan fingerprint density at radius 2 is 2.55 bits per heavy atom. The molecule has 0 saturated heterocycles. The molecular weight excluding hydrogens is 158 g/mol. The third-order valence-corrected chi connectivity index (χ3v) is 2.46. The van der Waals surface area contributed by atoms with Crippen molar-refractivity contribution in [1.82, 2.24) is 4.98 Å². The molecule has 0 saturated carbocycles. The number of carbonyl (C=O) groups is 1. The van der Waals surface area contributed by atoms with Gasteiger partial charge < -0.3 is 0 Å². The lowest BCUT2D eigenvalue weighted by Crippen LogP contribution is -2.08. The highest BCUT2D eigenvalue weighted by molar-refractivity contribution is 7.09. The molecule has 0 spiro atoms. The van der Waals surface area contributed by atoms with Gasteiger partial charge in [-0.3, -0.25) is 4.79 Å². The van der Waals surface area contributed by atoms with Crippen molar-refractivity contribution in [2.45, 2.75) is 20.3 Å². The number of carbonyl (C=O) groups excluding carboxylic acids is 1. The Morgan fingerprint density at radius 1 is 1.82 bits per heavy atom. The second kappa shape index (κ2) is 3.62. The summed E-state index contributed by atoms with van der Waals surface area (Å²) in [6.45, 7) is 3.56. The number of aromatic nitrogens is 1. The quantitative estimate of drug-likeness (QED) is 0.691. The van der Waals surface area contributed by atoms with Gasteiger partial charge in [0.15, 0.2) is 0 Å². The molecule has 0 N–H and O–H groups in total. The number of rotatable bonds is 3. The molecule has 1 unspecified atom stereocenters. The van der Waals surface area contributed by atoms with E-state index < -0.39 is 0 Å². The van der Waals surface area contributed by atoms with Crippen LogP contribution in [0, 0.1) is 5.92 Å². The summed E-state index contributed by atoms with van der Waals surface area (Å²) in [5.41, 5.74) is 0. The smallest absolute Gasteiger partial charge is 0.133 e. The number of hydrogen-bond acceptors (Lipinski definition) is 3. The molecule has 2 nitrogen and oxygen atoms in total. The minimum absolute atomic E-state index is 0.112. The van der Waals surface area contributed by atoms with Crippen LogP contribution in [0.3, 0.4) is 0 Å². The van der Waals surface area contributed by atoms with Crippen LogP contribution in [0.15, 0.2) is 11.6 Å². The molecule has 60 valence electrons. The van der Waals surface area contributed by atoms with Crippen molar-refractivity contribution in [2.75, 3.05) is 0 Å². The highest BCUT2D eigenvalue weighted by Crippen LogP contribution is 2.11. The molecule has 0 aliphatic carbocycles. The van der Waals surface area contributed by atoms with Gasteiger partial charge >= 0.3 is 0 Å². The van der Waals surface area contributed by atoms with E-state index in [1.165, 1.54) is 0 Å². The standard InChI is InChI=1S/C8H11NOS/c1-6(7(2)10)5-8-9-3-4-11-8/h3-4,6H,5H2,1-2H3. The number of nitrogens with zero attached hydrogens (tertiary/aromatic N) is 1. The Balaban J connectivity index is 2.50. The molecule has 1 aromatic rings. The van der Waals surface area contributed by atoms with Crippen LogP contribution in [0.1, 0.15) is 18.9 Å². The van der Waals surface area contributed by atoms with Crippen LogP contribution in [0.2, 0.25) is 0 Å². The third kappa shape index (κ3) is 2.42. The van der Waals surface area contributed by atoms with E-state index in [-0.39, 0.29) is 11.7 Å². The molecule has 0 bridgehead atoms. The predicted molar refractivity (Wildman–Crippen MR) is 45.7 cm³/mol. The second-order valence-electron chi connectivity index (χ2n) is 2.64. The lowest BCUT2D eigenvalue weighted by Gasteiger charge is -2.02. The van der Waals surface area contributed by atoms with Gasteiger partial charge in [0.25, 0.3) is 0 Å². The summed E-state index contributed by atoms with van der Waals surface area (Å²) in [5, 5.41) is 2.98. The summed E-state index contributed by atoms with van der Waals surface area (Å²) in [7, 11) is 0. The van der Waals surface area contributed by atoms with Crippen molar-refractivity contribution in [2.24, 2.45) is 5.92 Å². The van der Waals surface area contributed by atoms with Crippen molar-refractivity contribution in [1.29, 1.82) is 0 Å². The molecular formula is C8H11NOS. The number of ketones is 1. The first-order valence-electron chi connectivity index (χ1n) is 3.59. The maximum atomic E-state index is 10.8. The zero-order valence-electron chi connectivity index (χ0n) is 6.70. The summed E-state index contributed by atoms with van der Waals surface area (Å²) in [6.07, 6.45) is 2.56. The van der Waals surface area contributed by atoms with Gasteiger partial charge in [0.1, 0.15) is 5.78 Å². The van der Waals surface area contributed by atoms with Gasteiger partial charge in [-0.05, 0) is 6.92 Å². The zero-order chi connectivity index (χ0) is 8.27. The van der Waals surface area contributed by atoms with E-state index in [0.717, 1.165) is 11.4 Å². The average Bonchev–Trinajstić information content (AvgIpc) is 2.39. The van der Waals surface area contributed by atoms with Crippen LogP contribution < -0.4 is 0 Å². The maximum absolute atomic E-state index is 10.8. The van der Waals surface area contributed by atoms with Crippen LogP contribution in [0.4, 0.5) is 0 Å². The van der Waals surface area contributed by atoms with E-state index >= 15 is 0 Å². The lowest BCUT2D eigenvalue weighted by atomic mass is 10.1. The summed E-state index contributed by atoms with van der Waals surface area (Å²) < 4.78 is 0. The van der Waals surface area contributed by atoms with Gasteiger partial charge in [-0.25, -0.2) is 4.98 Å². The first-order chi connectivity index (χ1) is 5.20. The van der Waals surface area contributed by atoms with Gasteiger partial charge in [-0.1, -0.05) is 6.92 Å². The highest BCUT2D eigenvalue weighted by atomic mass is 32.1. The number of thiazole rings is 1. The van der Waals surface area contributed by atoms with Crippen molar-refractivity contribution < 1.29 is 4.79 Å². The summed E-state index contributed by atoms with van der Waals surface area (Å²) in [5.74, 6) is 0.348. The minimum atomic E-state index is 0.112. The molecule has 0 amide bonds. The van der Waals surface area contributed by atoms with Gasteiger partial charge in [0.05, 0.1) is 5.01 Å². The molecule has 1 aromatic heterocycles. The van der Waals surface area contributed by atoms with Gasteiger partial charge in [-0.15, -0.1) is 11.3 Å². The van der Waals surface area contributed by atoms with Crippen LogP contribution in [-0.2, 0) is 11.2 Å². The van der Waals surface area contributed by atoms with Crippen LogP contribution >= 0.6 is 11.3 Å². The van der Waals surface area contributed by atoms with Crippen molar-refractivity contribution in [3.05, 3.63) is 16.6 Å². The largest absolute Gasteiger partial charge is 0.300 e. The third-order valence-electron chi connectivity index (χ3n) is 1.66. The normalized spacial score (nSPS) is 12.9. The molecule has 0 radical (unpaired) electrons. The van der Waals surface area contributed by atoms with E-state index in [2.05, 4.69) is 4.98 Å².